The molecule has 2 heterocycles. The maximum absolute atomic E-state index is 12.8. The van der Waals surface area contributed by atoms with Gasteiger partial charge in [-0.15, -0.1) is 0 Å². The Kier molecular flexibility index (Phi) is 5.66. The molecule has 0 bridgehead atoms. The van der Waals surface area contributed by atoms with Gasteiger partial charge >= 0.3 is 0 Å². The van der Waals surface area contributed by atoms with Crippen molar-refractivity contribution in [1.82, 2.24) is 9.88 Å². The summed E-state index contributed by atoms with van der Waals surface area (Å²) in [4.78, 5) is 18.4. The Balaban J connectivity index is 1.97. The minimum Gasteiger partial charge on any atom is -0.495 e. The molecule has 1 N–H and O–H groups in total. The van der Waals surface area contributed by atoms with Crippen LogP contribution in [0.1, 0.15) is 24.2 Å². The Morgan fingerprint density at radius 3 is 2.75 bits per heavy atom. The monoisotopic (exact) mass is 425 g/mol. The summed E-state index contributed by atoms with van der Waals surface area (Å²) < 4.78 is 38.7. The summed E-state index contributed by atoms with van der Waals surface area (Å²) in [5.41, 5.74) is 0.327. The second kappa shape index (κ2) is 7.84. The number of methoxy groups -OCH3 is 1. The molecular formula is C18H20ClN3O5S. The van der Waals surface area contributed by atoms with Gasteiger partial charge in [-0.1, -0.05) is 11.6 Å². The molecule has 1 aliphatic heterocycles. The number of nitrogens with zero attached hydrogens (tertiary/aromatic N) is 2. The van der Waals surface area contributed by atoms with Crippen molar-refractivity contribution < 1.29 is 22.7 Å². The largest absolute Gasteiger partial charge is 0.495 e. The first-order valence-corrected chi connectivity index (χ1v) is 10.4. The second-order valence-corrected chi connectivity index (χ2v) is 8.51. The van der Waals surface area contributed by atoms with Gasteiger partial charge in [-0.25, -0.2) is 13.4 Å². The molecule has 0 radical (unpaired) electrons. The summed E-state index contributed by atoms with van der Waals surface area (Å²) in [6.45, 7) is 4.53. The highest BCUT2D eigenvalue weighted by atomic mass is 35.5. The standard InChI is InChI=1S/C18H20ClN3O5S/c1-11(2)22-6-7-27-17-14(18(22)23)9-13(10-20-17)21-28(24,25)16-8-12(19)4-5-15(16)26-3/h4-5,8-11,21H,6-7H2,1-3H3. The molecule has 0 unspecified atom stereocenters. The van der Waals surface area contributed by atoms with Crippen LogP contribution in [-0.4, -0.2) is 50.5 Å². The minimum atomic E-state index is -4.03. The smallest absolute Gasteiger partial charge is 0.265 e. The molecule has 0 saturated carbocycles. The Bertz CT molecular complexity index is 1010. The Hall–Kier alpha value is -2.52. The number of aromatic nitrogens is 1. The zero-order valence-corrected chi connectivity index (χ0v) is 17.2. The molecule has 3 rings (SSSR count). The van der Waals surface area contributed by atoms with Crippen LogP contribution in [0, 0.1) is 0 Å². The summed E-state index contributed by atoms with van der Waals surface area (Å²) in [6.07, 6.45) is 1.30. The maximum Gasteiger partial charge on any atom is 0.265 e. The molecule has 10 heteroatoms. The van der Waals surface area contributed by atoms with Crippen molar-refractivity contribution in [3.8, 4) is 11.6 Å². The quantitative estimate of drug-likeness (QED) is 0.791. The number of benzene rings is 1. The molecule has 0 fully saturated rings. The summed E-state index contributed by atoms with van der Waals surface area (Å²) in [5, 5.41) is 0.248. The highest BCUT2D eigenvalue weighted by molar-refractivity contribution is 7.92. The van der Waals surface area contributed by atoms with Crippen LogP contribution in [0.15, 0.2) is 35.4 Å². The fourth-order valence-electron chi connectivity index (χ4n) is 2.84. The number of halogens is 1. The van der Waals surface area contributed by atoms with Crippen LogP contribution in [0.25, 0.3) is 0 Å². The van der Waals surface area contributed by atoms with Crippen LogP contribution in [0.4, 0.5) is 5.69 Å². The molecule has 0 saturated heterocycles. The van der Waals surface area contributed by atoms with Crippen molar-refractivity contribution in [3.63, 3.8) is 0 Å². The molecule has 150 valence electrons. The highest BCUT2D eigenvalue weighted by Crippen LogP contribution is 2.30. The number of rotatable bonds is 5. The lowest BCUT2D eigenvalue weighted by atomic mass is 10.2. The first kappa shape index (κ1) is 20.2. The zero-order chi connectivity index (χ0) is 20.5. The highest BCUT2D eigenvalue weighted by Gasteiger charge is 2.28. The van der Waals surface area contributed by atoms with Gasteiger partial charge in [-0.3, -0.25) is 9.52 Å². The van der Waals surface area contributed by atoms with Gasteiger partial charge < -0.3 is 14.4 Å². The molecule has 1 aromatic heterocycles. The fourth-order valence-corrected chi connectivity index (χ4v) is 4.30. The van der Waals surface area contributed by atoms with Crippen LogP contribution in [0.3, 0.4) is 0 Å². The van der Waals surface area contributed by atoms with E-state index < -0.39 is 10.0 Å². The van der Waals surface area contributed by atoms with Gasteiger partial charge in [0.2, 0.25) is 5.88 Å². The average Bonchev–Trinajstić information content (AvgIpc) is 2.80. The van der Waals surface area contributed by atoms with Crippen LogP contribution in [0.5, 0.6) is 11.6 Å². The molecule has 0 aliphatic carbocycles. The van der Waals surface area contributed by atoms with E-state index >= 15 is 0 Å². The number of amides is 1. The van der Waals surface area contributed by atoms with E-state index in [-0.39, 0.29) is 44.7 Å². The second-order valence-electron chi connectivity index (χ2n) is 6.42. The van der Waals surface area contributed by atoms with E-state index in [2.05, 4.69) is 9.71 Å². The van der Waals surface area contributed by atoms with Gasteiger partial charge in [0, 0.05) is 11.1 Å². The Morgan fingerprint density at radius 1 is 1.32 bits per heavy atom. The van der Waals surface area contributed by atoms with Crippen molar-refractivity contribution in [2.45, 2.75) is 24.8 Å². The normalized spacial score (nSPS) is 14.3. The minimum absolute atomic E-state index is 0.0295. The topological polar surface area (TPSA) is 97.8 Å². The third-order valence-electron chi connectivity index (χ3n) is 4.20. The average molecular weight is 426 g/mol. The van der Waals surface area contributed by atoms with Gasteiger partial charge in [0.15, 0.2) is 0 Å². The number of sulfonamides is 1. The number of anilines is 1. The van der Waals surface area contributed by atoms with Crippen molar-refractivity contribution >= 4 is 33.2 Å². The van der Waals surface area contributed by atoms with Crippen LogP contribution in [0.2, 0.25) is 5.02 Å². The molecule has 0 atom stereocenters. The number of hydrogen-bond acceptors (Lipinski definition) is 6. The first-order valence-electron chi connectivity index (χ1n) is 8.53. The van der Waals surface area contributed by atoms with Gasteiger partial charge in [-0.05, 0) is 38.1 Å². The molecule has 28 heavy (non-hydrogen) atoms. The lowest BCUT2D eigenvalue weighted by molar-refractivity contribution is 0.0704. The third kappa shape index (κ3) is 4.00. The van der Waals surface area contributed by atoms with Gasteiger partial charge in [0.05, 0.1) is 25.5 Å². The summed E-state index contributed by atoms with van der Waals surface area (Å²) >= 11 is 5.93. The predicted octanol–water partition coefficient (Wildman–Crippen LogP) is 2.79. The zero-order valence-electron chi connectivity index (χ0n) is 15.6. The van der Waals surface area contributed by atoms with Crippen molar-refractivity contribution in [3.05, 3.63) is 41.0 Å². The molecule has 8 nitrogen and oxygen atoms in total. The molecule has 0 spiro atoms. The van der Waals surface area contributed by atoms with Gasteiger partial charge in [0.25, 0.3) is 15.9 Å². The van der Waals surface area contributed by atoms with Crippen molar-refractivity contribution in [2.24, 2.45) is 0 Å². The van der Waals surface area contributed by atoms with Gasteiger partial charge in [-0.2, -0.15) is 0 Å². The van der Waals surface area contributed by atoms with Crippen LogP contribution in [-0.2, 0) is 10.0 Å². The van der Waals surface area contributed by atoms with E-state index in [1.165, 1.54) is 37.6 Å². The van der Waals surface area contributed by atoms with Crippen LogP contribution < -0.4 is 14.2 Å². The van der Waals surface area contributed by atoms with E-state index in [0.29, 0.717) is 13.2 Å². The fraction of sp³-hybridized carbons (Fsp3) is 0.333. The number of nitrogens with one attached hydrogen (secondary N) is 1. The number of fused-ring (bicyclic) bond motifs is 1. The molecule has 2 aromatic rings. The number of hydrogen-bond donors (Lipinski definition) is 1. The van der Waals surface area contributed by atoms with Gasteiger partial charge in [0.1, 0.15) is 22.8 Å². The Labute approximate surface area is 168 Å². The van der Waals surface area contributed by atoms with Crippen LogP contribution >= 0.6 is 11.6 Å². The summed E-state index contributed by atoms with van der Waals surface area (Å²) in [6, 6.07) is 5.66. The third-order valence-corrected chi connectivity index (χ3v) is 5.84. The van der Waals surface area contributed by atoms with E-state index in [0.717, 1.165) is 0 Å². The number of carbonyl (C=O) groups excluding carboxylic acids is 1. The number of pyridine rings is 1. The number of ether oxygens (including phenoxy) is 2. The van der Waals surface area contributed by atoms with E-state index in [1.54, 1.807) is 4.90 Å². The lowest BCUT2D eigenvalue weighted by Crippen LogP contribution is -2.38. The van der Waals surface area contributed by atoms with E-state index in [4.69, 9.17) is 21.1 Å². The molecular weight excluding hydrogens is 406 g/mol. The predicted molar refractivity (Wildman–Crippen MR) is 105 cm³/mol. The SMILES string of the molecule is COc1ccc(Cl)cc1S(=O)(=O)Nc1cnc2c(c1)C(=O)N(C(C)C)CCO2. The van der Waals surface area contributed by atoms with E-state index in [9.17, 15) is 13.2 Å². The lowest BCUT2D eigenvalue weighted by Gasteiger charge is -2.24. The molecule has 1 amide bonds. The maximum atomic E-state index is 12.8. The summed E-state index contributed by atoms with van der Waals surface area (Å²) in [5.74, 6) is 0.0535. The Morgan fingerprint density at radius 2 is 2.07 bits per heavy atom. The first-order chi connectivity index (χ1) is 13.2. The van der Waals surface area contributed by atoms with Crippen molar-refractivity contribution in [2.75, 3.05) is 25.0 Å². The molecule has 1 aromatic carbocycles. The van der Waals surface area contributed by atoms with E-state index in [1.807, 2.05) is 13.8 Å². The summed E-state index contributed by atoms with van der Waals surface area (Å²) in [7, 11) is -2.66. The number of carbonyl (C=O) groups is 1. The molecule has 1 aliphatic rings. The van der Waals surface area contributed by atoms with Crippen molar-refractivity contribution in [1.29, 1.82) is 0 Å².